The molecule has 1 aromatic carbocycles. The molecule has 1 aliphatic carbocycles. The predicted octanol–water partition coefficient (Wildman–Crippen LogP) is 2.06. The lowest BCUT2D eigenvalue weighted by atomic mass is 10.2. The highest BCUT2D eigenvalue weighted by molar-refractivity contribution is 5.60. The van der Waals surface area contributed by atoms with Gasteiger partial charge in [-0.2, -0.15) is 0 Å². The van der Waals surface area contributed by atoms with Crippen molar-refractivity contribution in [3.8, 4) is 11.4 Å². The van der Waals surface area contributed by atoms with Crippen molar-refractivity contribution in [1.29, 1.82) is 0 Å². The Morgan fingerprint density at radius 3 is 2.61 bits per heavy atom. The SMILES string of the molecule is NNc1nc(-c2ccc(F)cc2)nc2c1CCC2. The number of rotatable bonds is 2. The van der Waals surface area contributed by atoms with E-state index in [0.29, 0.717) is 11.6 Å². The largest absolute Gasteiger partial charge is 0.308 e. The lowest BCUT2D eigenvalue weighted by Gasteiger charge is -2.09. The first-order chi connectivity index (χ1) is 8.78. The van der Waals surface area contributed by atoms with Gasteiger partial charge >= 0.3 is 0 Å². The van der Waals surface area contributed by atoms with Gasteiger partial charge in [-0.1, -0.05) is 0 Å². The first-order valence-electron chi connectivity index (χ1n) is 5.90. The molecule has 3 rings (SSSR count). The molecule has 92 valence electrons. The molecule has 2 aromatic rings. The number of nitrogens with zero attached hydrogens (tertiary/aromatic N) is 2. The van der Waals surface area contributed by atoms with E-state index in [1.54, 1.807) is 12.1 Å². The van der Waals surface area contributed by atoms with Crippen LogP contribution < -0.4 is 11.3 Å². The zero-order chi connectivity index (χ0) is 12.5. The van der Waals surface area contributed by atoms with Crippen molar-refractivity contribution in [1.82, 2.24) is 9.97 Å². The first-order valence-corrected chi connectivity index (χ1v) is 5.90. The summed E-state index contributed by atoms with van der Waals surface area (Å²) in [5.41, 5.74) is 5.56. The molecule has 0 aliphatic heterocycles. The average molecular weight is 244 g/mol. The number of hydrazine groups is 1. The molecule has 0 unspecified atom stereocenters. The van der Waals surface area contributed by atoms with Gasteiger partial charge in [0.1, 0.15) is 11.6 Å². The second-order valence-electron chi connectivity index (χ2n) is 4.33. The molecule has 1 aliphatic rings. The third kappa shape index (κ3) is 1.82. The molecule has 0 bridgehead atoms. The lowest BCUT2D eigenvalue weighted by molar-refractivity contribution is 0.628. The number of hydrogen-bond acceptors (Lipinski definition) is 4. The Labute approximate surface area is 104 Å². The molecule has 3 N–H and O–H groups in total. The van der Waals surface area contributed by atoms with Gasteiger partial charge < -0.3 is 5.43 Å². The number of hydrogen-bond donors (Lipinski definition) is 2. The fourth-order valence-electron chi connectivity index (χ4n) is 2.28. The Morgan fingerprint density at radius 2 is 1.89 bits per heavy atom. The molecule has 1 aromatic heterocycles. The van der Waals surface area contributed by atoms with Crippen LogP contribution in [0.15, 0.2) is 24.3 Å². The van der Waals surface area contributed by atoms with Gasteiger partial charge in [-0.15, -0.1) is 0 Å². The van der Waals surface area contributed by atoms with Gasteiger partial charge in [-0.25, -0.2) is 20.2 Å². The maximum absolute atomic E-state index is 12.9. The Kier molecular flexibility index (Phi) is 2.68. The number of aromatic nitrogens is 2. The van der Waals surface area contributed by atoms with E-state index in [4.69, 9.17) is 5.84 Å². The molecule has 18 heavy (non-hydrogen) atoms. The summed E-state index contributed by atoms with van der Waals surface area (Å²) < 4.78 is 12.9. The van der Waals surface area contributed by atoms with Crippen LogP contribution >= 0.6 is 0 Å². The van der Waals surface area contributed by atoms with Crippen LogP contribution in [0, 0.1) is 5.82 Å². The van der Waals surface area contributed by atoms with Crippen LogP contribution in [0.3, 0.4) is 0 Å². The van der Waals surface area contributed by atoms with Gasteiger partial charge in [0.05, 0.1) is 0 Å². The molecule has 0 spiro atoms. The van der Waals surface area contributed by atoms with Gasteiger partial charge in [0, 0.05) is 16.8 Å². The van der Waals surface area contributed by atoms with E-state index in [1.165, 1.54) is 12.1 Å². The Balaban J connectivity index is 2.10. The number of anilines is 1. The molecule has 0 amide bonds. The average Bonchev–Trinajstić information content (AvgIpc) is 2.86. The standard InChI is InChI=1S/C13H13FN4/c14-9-6-4-8(5-7-9)12-16-11-3-1-2-10(11)13(17-12)18-15/h4-7H,1-3,15H2,(H,16,17,18). The Bertz CT molecular complexity index is 580. The summed E-state index contributed by atoms with van der Waals surface area (Å²) in [5.74, 6) is 6.49. The highest BCUT2D eigenvalue weighted by Crippen LogP contribution is 2.28. The third-order valence-electron chi connectivity index (χ3n) is 3.17. The smallest absolute Gasteiger partial charge is 0.161 e. The van der Waals surface area contributed by atoms with Crippen molar-refractivity contribution in [2.75, 3.05) is 5.43 Å². The molecule has 0 saturated heterocycles. The van der Waals surface area contributed by atoms with Gasteiger partial charge in [0.25, 0.3) is 0 Å². The van der Waals surface area contributed by atoms with Gasteiger partial charge in [0.2, 0.25) is 0 Å². The second kappa shape index (κ2) is 4.34. The Hall–Kier alpha value is -2.01. The molecular formula is C13H13FN4. The summed E-state index contributed by atoms with van der Waals surface area (Å²) in [5, 5.41) is 0. The lowest BCUT2D eigenvalue weighted by Crippen LogP contribution is -2.12. The minimum atomic E-state index is -0.267. The van der Waals surface area contributed by atoms with Crippen molar-refractivity contribution >= 4 is 5.82 Å². The van der Waals surface area contributed by atoms with E-state index < -0.39 is 0 Å². The van der Waals surface area contributed by atoms with Crippen molar-refractivity contribution in [2.24, 2.45) is 5.84 Å². The maximum atomic E-state index is 12.9. The van der Waals surface area contributed by atoms with E-state index >= 15 is 0 Å². The number of fused-ring (bicyclic) bond motifs is 1. The molecular weight excluding hydrogens is 231 g/mol. The minimum Gasteiger partial charge on any atom is -0.308 e. The summed E-state index contributed by atoms with van der Waals surface area (Å²) in [6.07, 6.45) is 2.98. The number of benzene rings is 1. The van der Waals surface area contributed by atoms with Crippen LogP contribution in [-0.2, 0) is 12.8 Å². The summed E-state index contributed by atoms with van der Waals surface area (Å²) in [7, 11) is 0. The van der Waals surface area contributed by atoms with Gasteiger partial charge in [-0.3, -0.25) is 0 Å². The van der Waals surface area contributed by atoms with Crippen LogP contribution in [0.4, 0.5) is 10.2 Å². The molecule has 4 nitrogen and oxygen atoms in total. The van der Waals surface area contributed by atoms with Crippen LogP contribution in [0.2, 0.25) is 0 Å². The van der Waals surface area contributed by atoms with Gasteiger partial charge in [0.15, 0.2) is 5.82 Å². The topological polar surface area (TPSA) is 63.8 Å². The summed E-state index contributed by atoms with van der Waals surface area (Å²) in [4.78, 5) is 8.93. The van der Waals surface area contributed by atoms with Crippen molar-refractivity contribution in [3.63, 3.8) is 0 Å². The molecule has 0 radical (unpaired) electrons. The van der Waals surface area contributed by atoms with Crippen LogP contribution in [0.5, 0.6) is 0 Å². The van der Waals surface area contributed by atoms with Crippen LogP contribution in [0.1, 0.15) is 17.7 Å². The molecule has 1 heterocycles. The molecule has 0 fully saturated rings. The first kappa shape index (κ1) is 11.1. The number of halogens is 1. The Morgan fingerprint density at radius 1 is 1.11 bits per heavy atom. The van der Waals surface area contributed by atoms with Crippen molar-refractivity contribution < 1.29 is 4.39 Å². The zero-order valence-electron chi connectivity index (χ0n) is 9.78. The van der Waals surface area contributed by atoms with E-state index in [2.05, 4.69) is 15.4 Å². The van der Waals surface area contributed by atoms with Crippen molar-refractivity contribution in [2.45, 2.75) is 19.3 Å². The van der Waals surface area contributed by atoms with E-state index in [1.807, 2.05) is 0 Å². The number of aryl methyl sites for hydroxylation is 1. The summed E-state index contributed by atoms with van der Waals surface area (Å²) >= 11 is 0. The van der Waals surface area contributed by atoms with E-state index in [-0.39, 0.29) is 5.82 Å². The van der Waals surface area contributed by atoms with Crippen LogP contribution in [0.25, 0.3) is 11.4 Å². The molecule has 5 heteroatoms. The monoisotopic (exact) mass is 244 g/mol. The fourth-order valence-corrected chi connectivity index (χ4v) is 2.28. The minimum absolute atomic E-state index is 0.267. The zero-order valence-corrected chi connectivity index (χ0v) is 9.78. The van der Waals surface area contributed by atoms with Crippen LogP contribution in [-0.4, -0.2) is 9.97 Å². The van der Waals surface area contributed by atoms with E-state index in [9.17, 15) is 4.39 Å². The van der Waals surface area contributed by atoms with Gasteiger partial charge in [-0.05, 0) is 43.5 Å². The molecule has 0 atom stereocenters. The number of nitrogens with two attached hydrogens (primary N) is 1. The summed E-state index contributed by atoms with van der Waals surface area (Å²) in [6.45, 7) is 0. The highest BCUT2D eigenvalue weighted by Gasteiger charge is 2.19. The fraction of sp³-hybridized carbons (Fsp3) is 0.231. The predicted molar refractivity (Wildman–Crippen MR) is 67.3 cm³/mol. The molecule has 0 saturated carbocycles. The second-order valence-corrected chi connectivity index (χ2v) is 4.33. The quantitative estimate of drug-likeness (QED) is 0.627. The maximum Gasteiger partial charge on any atom is 0.161 e. The third-order valence-corrected chi connectivity index (χ3v) is 3.17. The van der Waals surface area contributed by atoms with E-state index in [0.717, 1.165) is 36.1 Å². The highest BCUT2D eigenvalue weighted by atomic mass is 19.1. The number of nitrogen functional groups attached to an aromatic ring is 1. The summed E-state index contributed by atoms with van der Waals surface area (Å²) in [6, 6.07) is 6.15. The normalized spacial score (nSPS) is 13.4. The number of nitrogens with one attached hydrogen (secondary N) is 1. The van der Waals surface area contributed by atoms with Crippen molar-refractivity contribution in [3.05, 3.63) is 41.3 Å².